The van der Waals surface area contributed by atoms with E-state index in [9.17, 15) is 9.18 Å². The van der Waals surface area contributed by atoms with Crippen molar-refractivity contribution in [3.63, 3.8) is 0 Å². The molecule has 0 bridgehead atoms. The molecule has 0 saturated carbocycles. The molecule has 1 heterocycles. The lowest BCUT2D eigenvalue weighted by Crippen LogP contribution is -1.97. The first kappa shape index (κ1) is 21.2. The molecule has 0 unspecified atom stereocenters. The highest BCUT2D eigenvalue weighted by atomic mass is 19.1. The standard InChI is InChI=1S/C27H23FN2O2/c1-2-24(19-6-4-3-5-7-19)27(21-10-12-25-23(15-21)17-29-30-25)20-9-8-18(11-13-26(31)32)22(14-20)16-28/h3-15,17H,2,16H2,1H3,(H,29,30)(H,31,32)/b13-11+,27-24+. The van der Waals surface area contributed by atoms with Gasteiger partial charge >= 0.3 is 5.97 Å². The summed E-state index contributed by atoms with van der Waals surface area (Å²) < 4.78 is 13.9. The normalized spacial score (nSPS) is 12.3. The van der Waals surface area contributed by atoms with Crippen LogP contribution in [-0.2, 0) is 11.5 Å². The van der Waals surface area contributed by atoms with Crippen molar-refractivity contribution in [2.75, 3.05) is 0 Å². The highest BCUT2D eigenvalue weighted by molar-refractivity contribution is 6.00. The Hall–Kier alpha value is -3.99. The minimum Gasteiger partial charge on any atom is -0.478 e. The summed E-state index contributed by atoms with van der Waals surface area (Å²) in [5.41, 5.74) is 7.12. The van der Waals surface area contributed by atoms with Crippen molar-refractivity contribution in [2.45, 2.75) is 20.0 Å². The number of carboxylic acid groups (broad SMARTS) is 1. The Morgan fingerprint density at radius 3 is 2.50 bits per heavy atom. The Bertz CT molecular complexity index is 1320. The van der Waals surface area contributed by atoms with E-state index in [4.69, 9.17) is 5.11 Å². The van der Waals surface area contributed by atoms with Crippen LogP contribution in [0.2, 0.25) is 0 Å². The zero-order chi connectivity index (χ0) is 22.5. The third-order valence-electron chi connectivity index (χ3n) is 5.49. The molecule has 32 heavy (non-hydrogen) atoms. The van der Waals surface area contributed by atoms with E-state index in [0.29, 0.717) is 11.1 Å². The van der Waals surface area contributed by atoms with E-state index in [-0.39, 0.29) is 0 Å². The molecule has 4 nitrogen and oxygen atoms in total. The Morgan fingerprint density at radius 1 is 1.03 bits per heavy atom. The van der Waals surface area contributed by atoms with Crippen molar-refractivity contribution in [1.82, 2.24) is 10.2 Å². The number of hydrogen-bond donors (Lipinski definition) is 2. The Balaban J connectivity index is 1.95. The fourth-order valence-electron chi connectivity index (χ4n) is 3.98. The fraction of sp³-hybridized carbons (Fsp3) is 0.111. The van der Waals surface area contributed by atoms with Gasteiger partial charge in [-0.2, -0.15) is 5.10 Å². The van der Waals surface area contributed by atoms with E-state index in [1.54, 1.807) is 12.3 Å². The number of nitrogens with zero attached hydrogens (tertiary/aromatic N) is 1. The number of carbonyl (C=O) groups is 1. The minimum atomic E-state index is -1.06. The van der Waals surface area contributed by atoms with Gasteiger partial charge in [0.25, 0.3) is 0 Å². The lowest BCUT2D eigenvalue weighted by Gasteiger charge is -2.18. The second-order valence-corrected chi connectivity index (χ2v) is 7.46. The number of H-pyrrole nitrogens is 1. The molecule has 0 aliphatic carbocycles. The fourth-order valence-corrected chi connectivity index (χ4v) is 3.98. The smallest absolute Gasteiger partial charge is 0.328 e. The summed E-state index contributed by atoms with van der Waals surface area (Å²) in [6.07, 6.45) is 5.03. The average molecular weight is 426 g/mol. The molecular weight excluding hydrogens is 403 g/mol. The lowest BCUT2D eigenvalue weighted by molar-refractivity contribution is -0.131. The monoisotopic (exact) mass is 426 g/mol. The minimum absolute atomic E-state index is 0.449. The molecule has 0 aliphatic heterocycles. The molecule has 160 valence electrons. The number of aromatic amines is 1. The lowest BCUT2D eigenvalue weighted by atomic mass is 9.86. The molecule has 0 aliphatic rings. The van der Waals surface area contributed by atoms with Crippen LogP contribution in [0.25, 0.3) is 28.1 Å². The maximum absolute atomic E-state index is 13.9. The van der Waals surface area contributed by atoms with Gasteiger partial charge in [0.1, 0.15) is 6.67 Å². The first-order valence-corrected chi connectivity index (χ1v) is 10.4. The number of rotatable bonds is 7. The second-order valence-electron chi connectivity index (χ2n) is 7.46. The molecule has 0 radical (unpaired) electrons. The number of benzene rings is 3. The van der Waals surface area contributed by atoms with Gasteiger partial charge in [-0.25, -0.2) is 9.18 Å². The van der Waals surface area contributed by atoms with Gasteiger partial charge in [0.15, 0.2) is 0 Å². The van der Waals surface area contributed by atoms with Gasteiger partial charge in [0, 0.05) is 11.5 Å². The third kappa shape index (κ3) is 4.37. The molecule has 3 aromatic carbocycles. The number of halogens is 1. The summed E-state index contributed by atoms with van der Waals surface area (Å²) in [6, 6.07) is 21.8. The zero-order valence-electron chi connectivity index (χ0n) is 17.7. The Labute approximate surface area is 185 Å². The van der Waals surface area contributed by atoms with Gasteiger partial charge in [0.05, 0.1) is 11.7 Å². The molecular formula is C27H23FN2O2. The largest absolute Gasteiger partial charge is 0.478 e. The molecule has 0 spiro atoms. The van der Waals surface area contributed by atoms with E-state index >= 15 is 0 Å². The van der Waals surface area contributed by atoms with Crippen molar-refractivity contribution in [3.05, 3.63) is 107 Å². The van der Waals surface area contributed by atoms with Crippen LogP contribution >= 0.6 is 0 Å². The van der Waals surface area contributed by atoms with E-state index < -0.39 is 12.6 Å². The SMILES string of the molecule is CC/C(=C(/c1ccc(/C=C/C(=O)O)c(CF)c1)c1ccc2[nH]ncc2c1)c1ccccc1. The quantitative estimate of drug-likeness (QED) is 0.262. The predicted molar refractivity (Wildman–Crippen MR) is 127 cm³/mol. The van der Waals surface area contributed by atoms with Crippen LogP contribution in [0, 0.1) is 0 Å². The van der Waals surface area contributed by atoms with Crippen molar-refractivity contribution in [2.24, 2.45) is 0 Å². The summed E-state index contributed by atoms with van der Waals surface area (Å²) in [5, 5.41) is 17.0. The number of aliphatic carboxylic acids is 1. The van der Waals surface area contributed by atoms with E-state index in [2.05, 4.69) is 35.3 Å². The third-order valence-corrected chi connectivity index (χ3v) is 5.49. The van der Waals surface area contributed by atoms with E-state index in [1.807, 2.05) is 42.5 Å². The maximum atomic E-state index is 13.9. The van der Waals surface area contributed by atoms with Crippen LogP contribution in [0.5, 0.6) is 0 Å². The topological polar surface area (TPSA) is 66.0 Å². The summed E-state index contributed by atoms with van der Waals surface area (Å²) in [5.74, 6) is -1.06. The number of aromatic nitrogens is 2. The van der Waals surface area contributed by atoms with Crippen LogP contribution in [0.4, 0.5) is 4.39 Å². The van der Waals surface area contributed by atoms with Gasteiger partial charge in [-0.15, -0.1) is 0 Å². The zero-order valence-corrected chi connectivity index (χ0v) is 17.7. The molecule has 5 heteroatoms. The van der Waals surface area contributed by atoms with Crippen LogP contribution in [-0.4, -0.2) is 21.3 Å². The summed E-state index contributed by atoms with van der Waals surface area (Å²) in [6.45, 7) is 1.42. The molecule has 1 aromatic heterocycles. The van der Waals surface area contributed by atoms with E-state index in [1.165, 1.54) is 6.08 Å². The van der Waals surface area contributed by atoms with Crippen molar-refractivity contribution in [3.8, 4) is 0 Å². The molecule has 0 atom stereocenters. The van der Waals surface area contributed by atoms with Gasteiger partial charge in [-0.1, -0.05) is 55.5 Å². The summed E-state index contributed by atoms with van der Waals surface area (Å²) in [7, 11) is 0. The van der Waals surface area contributed by atoms with Crippen LogP contribution < -0.4 is 0 Å². The average Bonchev–Trinajstić information content (AvgIpc) is 3.29. The molecule has 4 aromatic rings. The predicted octanol–water partition coefficient (Wildman–Crippen LogP) is 6.50. The van der Waals surface area contributed by atoms with Gasteiger partial charge in [-0.05, 0) is 69.7 Å². The molecule has 0 amide bonds. The molecule has 2 N–H and O–H groups in total. The van der Waals surface area contributed by atoms with E-state index in [0.717, 1.165) is 51.2 Å². The highest BCUT2D eigenvalue weighted by Gasteiger charge is 2.15. The number of alkyl halides is 1. The number of allylic oxidation sites excluding steroid dienone is 1. The second kappa shape index (κ2) is 9.43. The number of nitrogens with one attached hydrogen (secondary N) is 1. The van der Waals surface area contributed by atoms with Crippen molar-refractivity contribution in [1.29, 1.82) is 0 Å². The van der Waals surface area contributed by atoms with Gasteiger partial charge in [-0.3, -0.25) is 5.10 Å². The number of carboxylic acids is 1. The number of hydrogen-bond acceptors (Lipinski definition) is 2. The van der Waals surface area contributed by atoms with Crippen molar-refractivity contribution < 1.29 is 14.3 Å². The molecule has 0 fully saturated rings. The first-order chi connectivity index (χ1) is 15.6. The van der Waals surface area contributed by atoms with Gasteiger partial charge in [0.2, 0.25) is 0 Å². The first-order valence-electron chi connectivity index (χ1n) is 10.4. The maximum Gasteiger partial charge on any atom is 0.328 e. The van der Waals surface area contributed by atoms with Crippen molar-refractivity contribution >= 4 is 34.1 Å². The van der Waals surface area contributed by atoms with Crippen LogP contribution in [0.15, 0.2) is 79.0 Å². The Kier molecular flexibility index (Phi) is 6.26. The summed E-state index contributed by atoms with van der Waals surface area (Å²) >= 11 is 0. The summed E-state index contributed by atoms with van der Waals surface area (Å²) in [4.78, 5) is 10.9. The van der Waals surface area contributed by atoms with Gasteiger partial charge < -0.3 is 5.11 Å². The molecule has 0 saturated heterocycles. The Morgan fingerprint density at radius 2 is 1.78 bits per heavy atom. The number of fused-ring (bicyclic) bond motifs is 1. The highest BCUT2D eigenvalue weighted by Crippen LogP contribution is 2.36. The molecule has 4 rings (SSSR count). The van der Waals surface area contributed by atoms with Crippen LogP contribution in [0.1, 0.15) is 41.2 Å². The van der Waals surface area contributed by atoms with Crippen LogP contribution in [0.3, 0.4) is 0 Å².